The standard InChI is InChI=1S/C11H16ClF3Si2/c1-16(2,17(3,4)12)10-7-5-9(6-8-10)11(13,14)15/h5-8H,1-4H3. The fourth-order valence-corrected chi connectivity index (χ4v) is 6.65. The Bertz CT molecular complexity index is 391. The molecule has 0 radical (unpaired) electrons. The molecule has 0 N–H and O–H groups in total. The maximum absolute atomic E-state index is 12.4. The molecule has 0 amide bonds. The molecule has 0 atom stereocenters. The highest BCUT2D eigenvalue weighted by molar-refractivity contribution is 7.61. The Kier molecular flexibility index (Phi) is 3.86. The molecule has 0 aliphatic heterocycles. The van der Waals surface area contributed by atoms with E-state index in [1.807, 2.05) is 0 Å². The van der Waals surface area contributed by atoms with Crippen LogP contribution in [0.3, 0.4) is 0 Å². The molecule has 6 heteroatoms. The van der Waals surface area contributed by atoms with E-state index in [0.29, 0.717) is 0 Å². The zero-order chi connectivity index (χ0) is 13.5. The summed E-state index contributed by atoms with van der Waals surface area (Å²) in [5.74, 6) is 0. The third-order valence-corrected chi connectivity index (χ3v) is 22.2. The highest BCUT2D eigenvalue weighted by Gasteiger charge is 2.41. The van der Waals surface area contributed by atoms with Crippen LogP contribution in [-0.4, -0.2) is 14.5 Å². The van der Waals surface area contributed by atoms with Gasteiger partial charge in [-0.05, 0) is 0 Å². The fraction of sp³-hybridized carbons (Fsp3) is 0.455. The smallest absolute Gasteiger partial charge is 0.171 e. The molecule has 0 fully saturated rings. The summed E-state index contributed by atoms with van der Waals surface area (Å²) in [7, 11) is -1.83. The largest absolute Gasteiger partial charge is 0.416 e. The summed E-state index contributed by atoms with van der Waals surface area (Å²) >= 11 is 6.47. The van der Waals surface area contributed by atoms with Gasteiger partial charge in [-0.3, -0.25) is 0 Å². The summed E-state index contributed by atoms with van der Waals surface area (Å²) in [6, 6.07) is 5.49. The maximum atomic E-state index is 12.4. The minimum Gasteiger partial charge on any atom is -0.171 e. The van der Waals surface area contributed by atoms with Crippen molar-refractivity contribution in [3.05, 3.63) is 29.8 Å². The van der Waals surface area contributed by atoms with Crippen molar-refractivity contribution in [2.45, 2.75) is 32.4 Å². The second kappa shape index (κ2) is 4.44. The number of halogens is 4. The Morgan fingerprint density at radius 2 is 1.35 bits per heavy atom. The zero-order valence-corrected chi connectivity index (χ0v) is 13.1. The van der Waals surface area contributed by atoms with Crippen molar-refractivity contribution in [3.63, 3.8) is 0 Å². The van der Waals surface area contributed by atoms with Crippen LogP contribution in [0.1, 0.15) is 5.56 Å². The molecular formula is C11H16ClF3Si2. The van der Waals surface area contributed by atoms with E-state index >= 15 is 0 Å². The summed E-state index contributed by atoms with van der Waals surface area (Å²) < 4.78 is 37.3. The van der Waals surface area contributed by atoms with Crippen LogP contribution >= 0.6 is 11.1 Å². The van der Waals surface area contributed by atoms with E-state index in [9.17, 15) is 13.2 Å². The Morgan fingerprint density at radius 3 is 1.65 bits per heavy atom. The van der Waals surface area contributed by atoms with Gasteiger partial charge < -0.3 is 0 Å². The lowest BCUT2D eigenvalue weighted by molar-refractivity contribution is -0.137. The van der Waals surface area contributed by atoms with E-state index in [4.69, 9.17) is 11.1 Å². The van der Waals surface area contributed by atoms with Crippen molar-refractivity contribution < 1.29 is 13.2 Å². The van der Waals surface area contributed by atoms with E-state index in [1.54, 1.807) is 12.1 Å². The molecule has 0 aliphatic rings. The van der Waals surface area contributed by atoms with Crippen molar-refractivity contribution in [2.75, 3.05) is 0 Å². The first-order chi connectivity index (χ1) is 7.46. The Morgan fingerprint density at radius 1 is 0.941 bits per heavy atom. The van der Waals surface area contributed by atoms with Crippen LogP contribution in [0.25, 0.3) is 0 Å². The first-order valence-electron chi connectivity index (χ1n) is 5.33. The van der Waals surface area contributed by atoms with Crippen LogP contribution in [0.15, 0.2) is 24.3 Å². The monoisotopic (exact) mass is 296 g/mol. The predicted octanol–water partition coefficient (Wildman–Crippen LogP) is 4.14. The Balaban J connectivity index is 3.12. The second-order valence-electron chi connectivity index (χ2n) is 5.17. The molecule has 0 saturated carbocycles. The molecule has 17 heavy (non-hydrogen) atoms. The predicted molar refractivity (Wildman–Crippen MR) is 71.9 cm³/mol. The molecule has 0 saturated heterocycles. The summed E-state index contributed by atoms with van der Waals surface area (Å²) in [4.78, 5) is 0. The molecule has 0 spiro atoms. The van der Waals surface area contributed by atoms with Gasteiger partial charge in [0, 0.05) is 0 Å². The minimum atomic E-state index is -4.27. The zero-order valence-electron chi connectivity index (χ0n) is 10.3. The molecule has 0 nitrogen and oxygen atoms in total. The minimum absolute atomic E-state index is 0.597. The highest BCUT2D eigenvalue weighted by Crippen LogP contribution is 2.29. The molecule has 0 aliphatic carbocycles. The third kappa shape index (κ3) is 3.14. The van der Waals surface area contributed by atoms with Gasteiger partial charge in [0.05, 0.1) is 13.2 Å². The molecular weight excluding hydrogens is 281 g/mol. The quantitative estimate of drug-likeness (QED) is 0.568. The third-order valence-electron chi connectivity index (χ3n) is 3.42. The molecule has 0 aromatic heterocycles. The van der Waals surface area contributed by atoms with Gasteiger partial charge >= 0.3 is 6.18 Å². The number of hydrogen-bond acceptors (Lipinski definition) is 0. The van der Waals surface area contributed by atoms with Crippen LogP contribution in [0.4, 0.5) is 13.2 Å². The van der Waals surface area contributed by atoms with Gasteiger partial charge in [0.2, 0.25) is 0 Å². The van der Waals surface area contributed by atoms with Crippen molar-refractivity contribution in [1.29, 1.82) is 0 Å². The van der Waals surface area contributed by atoms with Gasteiger partial charge in [0.15, 0.2) is 0 Å². The van der Waals surface area contributed by atoms with Gasteiger partial charge in [-0.25, -0.2) is 0 Å². The van der Waals surface area contributed by atoms with Gasteiger partial charge in [-0.2, -0.15) is 24.3 Å². The van der Waals surface area contributed by atoms with E-state index < -0.39 is 26.2 Å². The molecule has 0 heterocycles. The Labute approximate surface area is 106 Å². The number of alkyl halides is 3. The van der Waals surface area contributed by atoms with Crippen LogP contribution in [0.2, 0.25) is 26.2 Å². The number of benzene rings is 1. The molecule has 0 bridgehead atoms. The van der Waals surface area contributed by atoms with E-state index in [2.05, 4.69) is 26.2 Å². The lowest BCUT2D eigenvalue weighted by Crippen LogP contribution is -2.59. The normalized spacial score (nSPS) is 13.9. The lowest BCUT2D eigenvalue weighted by atomic mass is 10.2. The highest BCUT2D eigenvalue weighted by atomic mass is 35.6. The molecule has 1 aromatic carbocycles. The van der Waals surface area contributed by atoms with Gasteiger partial charge in [0.1, 0.15) is 6.90 Å². The molecule has 1 aromatic rings. The summed E-state index contributed by atoms with van der Waals surface area (Å²) in [5, 5.41) is 0.997. The van der Waals surface area contributed by atoms with Crippen molar-refractivity contribution in [2.24, 2.45) is 0 Å². The first kappa shape index (κ1) is 14.8. The van der Waals surface area contributed by atoms with E-state index in [1.165, 1.54) is 0 Å². The Hall–Kier alpha value is -0.266. The van der Waals surface area contributed by atoms with E-state index in [0.717, 1.165) is 17.3 Å². The average molecular weight is 297 g/mol. The molecule has 96 valence electrons. The van der Waals surface area contributed by atoms with Crippen molar-refractivity contribution >= 4 is 30.8 Å². The number of rotatable bonds is 2. The van der Waals surface area contributed by atoms with Gasteiger partial charge in [-0.1, -0.05) is 55.6 Å². The summed E-state index contributed by atoms with van der Waals surface area (Å²) in [6.45, 7) is 6.49. The van der Waals surface area contributed by atoms with Gasteiger partial charge in [0.25, 0.3) is 0 Å². The number of hydrogen-bond donors (Lipinski definition) is 0. The molecule has 0 unspecified atom stereocenters. The lowest BCUT2D eigenvalue weighted by Gasteiger charge is -2.33. The van der Waals surface area contributed by atoms with E-state index in [-0.39, 0.29) is 0 Å². The van der Waals surface area contributed by atoms with Crippen LogP contribution in [0, 0.1) is 0 Å². The SMILES string of the molecule is C[Si](C)(Cl)[Si](C)(C)c1ccc(C(F)(F)F)cc1. The second-order valence-corrected chi connectivity index (χ2v) is 23.2. The van der Waals surface area contributed by atoms with Crippen molar-refractivity contribution in [1.82, 2.24) is 0 Å². The van der Waals surface area contributed by atoms with Crippen LogP contribution < -0.4 is 5.19 Å². The topological polar surface area (TPSA) is 0 Å². The average Bonchev–Trinajstić information content (AvgIpc) is 2.15. The van der Waals surface area contributed by atoms with Crippen LogP contribution in [0.5, 0.6) is 0 Å². The van der Waals surface area contributed by atoms with Gasteiger partial charge in [-0.15, -0.1) is 0 Å². The first-order valence-corrected chi connectivity index (χ1v) is 13.3. The fourth-order valence-electron chi connectivity index (χ4n) is 1.42. The molecule has 1 rings (SSSR count). The summed E-state index contributed by atoms with van der Waals surface area (Å²) in [6.07, 6.45) is -4.27. The van der Waals surface area contributed by atoms with Crippen molar-refractivity contribution in [3.8, 4) is 0 Å². The maximum Gasteiger partial charge on any atom is 0.416 e. The summed E-state index contributed by atoms with van der Waals surface area (Å²) in [5.41, 5.74) is -0.597. The van der Waals surface area contributed by atoms with Crippen LogP contribution in [-0.2, 0) is 6.18 Å².